The molecule has 0 saturated carbocycles. The number of carbonyl (C=O) groups excluding carboxylic acids is 2. The molecule has 0 aromatic rings. The molecule has 13 heavy (non-hydrogen) atoms. The Kier molecular flexibility index (Phi) is 4.29. The van der Waals surface area contributed by atoms with Crippen LogP contribution in [0.2, 0.25) is 0 Å². The summed E-state index contributed by atoms with van der Waals surface area (Å²) in [6.45, 7) is 0.852. The zero-order valence-corrected chi connectivity index (χ0v) is 7.53. The lowest BCUT2D eigenvalue weighted by Gasteiger charge is -2.21. The molecule has 0 aromatic heterocycles. The van der Waals surface area contributed by atoms with Gasteiger partial charge < -0.3 is 9.47 Å². The number of hydrogen-bond acceptors (Lipinski definition) is 4. The molecule has 1 heterocycles. The summed E-state index contributed by atoms with van der Waals surface area (Å²) in [6.07, 6.45) is 3.99. The van der Waals surface area contributed by atoms with Crippen molar-refractivity contribution in [2.75, 3.05) is 6.61 Å². The van der Waals surface area contributed by atoms with Crippen LogP contribution < -0.4 is 0 Å². The monoisotopic (exact) mass is 186 g/mol. The maximum absolute atomic E-state index is 10.9. The van der Waals surface area contributed by atoms with Crippen LogP contribution in [0, 0.1) is 0 Å². The van der Waals surface area contributed by atoms with Crippen LogP contribution in [0.4, 0.5) is 0 Å². The van der Waals surface area contributed by atoms with Crippen LogP contribution >= 0.6 is 0 Å². The van der Waals surface area contributed by atoms with Gasteiger partial charge in [-0.3, -0.25) is 9.59 Å². The van der Waals surface area contributed by atoms with Gasteiger partial charge in [0.1, 0.15) is 6.10 Å². The minimum absolute atomic E-state index is 0.0384. The molecule has 0 N–H and O–H groups in total. The van der Waals surface area contributed by atoms with Gasteiger partial charge in [-0.05, 0) is 25.7 Å². The van der Waals surface area contributed by atoms with Crippen molar-refractivity contribution in [1.82, 2.24) is 0 Å². The van der Waals surface area contributed by atoms with E-state index in [9.17, 15) is 9.59 Å². The van der Waals surface area contributed by atoms with Gasteiger partial charge in [0.2, 0.25) is 0 Å². The van der Waals surface area contributed by atoms with E-state index in [0.29, 0.717) is 19.5 Å². The van der Waals surface area contributed by atoms with Gasteiger partial charge in [0, 0.05) is 6.42 Å². The molecule has 0 bridgehead atoms. The molecule has 0 radical (unpaired) electrons. The largest absolute Gasteiger partial charge is 0.468 e. The average molecular weight is 186 g/mol. The number of carbonyl (C=O) groups is 2. The molecule has 4 nitrogen and oxygen atoms in total. The van der Waals surface area contributed by atoms with Crippen molar-refractivity contribution >= 4 is 12.4 Å². The molecule has 0 spiro atoms. The molecular weight excluding hydrogens is 172 g/mol. The van der Waals surface area contributed by atoms with Crippen LogP contribution in [0.1, 0.15) is 32.1 Å². The summed E-state index contributed by atoms with van der Waals surface area (Å²) >= 11 is 0. The molecule has 0 aromatic carbocycles. The minimum atomic E-state index is -0.104. The molecule has 1 rings (SSSR count). The molecule has 74 valence electrons. The molecular formula is C9H14O4. The molecule has 1 fully saturated rings. The lowest BCUT2D eigenvalue weighted by atomic mass is 10.0. The third-order valence-corrected chi connectivity index (χ3v) is 2.06. The number of esters is 1. The van der Waals surface area contributed by atoms with Gasteiger partial charge >= 0.3 is 5.97 Å². The first-order valence-electron chi connectivity index (χ1n) is 4.57. The van der Waals surface area contributed by atoms with Gasteiger partial charge in [-0.1, -0.05) is 0 Å². The second kappa shape index (κ2) is 5.56. The fraction of sp³-hybridized carbons (Fsp3) is 0.778. The number of rotatable bonds is 5. The summed E-state index contributed by atoms with van der Waals surface area (Å²) in [5, 5.41) is 0. The van der Waals surface area contributed by atoms with Crippen molar-refractivity contribution in [2.45, 2.75) is 38.2 Å². The predicted octanol–water partition coefficient (Wildman–Crippen LogP) is 1.04. The number of ether oxygens (including phenoxy) is 2. The topological polar surface area (TPSA) is 52.6 Å². The third-order valence-electron chi connectivity index (χ3n) is 2.06. The summed E-state index contributed by atoms with van der Waals surface area (Å²) in [7, 11) is 0. The summed E-state index contributed by atoms with van der Waals surface area (Å²) in [6, 6.07) is 0. The van der Waals surface area contributed by atoms with Crippen molar-refractivity contribution in [1.29, 1.82) is 0 Å². The summed E-state index contributed by atoms with van der Waals surface area (Å²) < 4.78 is 9.61. The lowest BCUT2D eigenvalue weighted by Crippen LogP contribution is -2.23. The predicted molar refractivity (Wildman–Crippen MR) is 45.0 cm³/mol. The molecule has 1 aliphatic rings. The Morgan fingerprint density at radius 2 is 2.46 bits per heavy atom. The first-order chi connectivity index (χ1) is 6.33. The van der Waals surface area contributed by atoms with E-state index in [0.717, 1.165) is 25.7 Å². The van der Waals surface area contributed by atoms with Crippen LogP contribution in [0.5, 0.6) is 0 Å². The normalized spacial score (nSPS) is 22.2. The van der Waals surface area contributed by atoms with Gasteiger partial charge in [-0.25, -0.2) is 0 Å². The van der Waals surface area contributed by atoms with Crippen molar-refractivity contribution in [3.8, 4) is 0 Å². The van der Waals surface area contributed by atoms with E-state index < -0.39 is 0 Å². The standard InChI is InChI=1S/C9H14O4/c10-7-12-6-2-4-8-3-1-5-9(11)13-8/h7-8H,1-6H2. The van der Waals surface area contributed by atoms with E-state index in [4.69, 9.17) is 4.74 Å². The van der Waals surface area contributed by atoms with Crippen molar-refractivity contribution in [3.05, 3.63) is 0 Å². The van der Waals surface area contributed by atoms with Crippen molar-refractivity contribution in [3.63, 3.8) is 0 Å². The van der Waals surface area contributed by atoms with Crippen molar-refractivity contribution < 1.29 is 19.1 Å². The van der Waals surface area contributed by atoms with E-state index in [-0.39, 0.29) is 12.1 Å². The van der Waals surface area contributed by atoms with Gasteiger partial charge in [0.15, 0.2) is 0 Å². The fourth-order valence-corrected chi connectivity index (χ4v) is 1.42. The Morgan fingerprint density at radius 1 is 1.62 bits per heavy atom. The van der Waals surface area contributed by atoms with Crippen LogP contribution in [-0.2, 0) is 19.1 Å². The molecule has 1 aliphatic heterocycles. The Hall–Kier alpha value is -1.06. The van der Waals surface area contributed by atoms with Crippen LogP contribution in [-0.4, -0.2) is 25.2 Å². The van der Waals surface area contributed by atoms with Crippen LogP contribution in [0.15, 0.2) is 0 Å². The van der Waals surface area contributed by atoms with E-state index >= 15 is 0 Å². The Balaban J connectivity index is 2.06. The van der Waals surface area contributed by atoms with Crippen molar-refractivity contribution in [2.24, 2.45) is 0 Å². The molecule has 1 unspecified atom stereocenters. The SMILES string of the molecule is O=COCCCC1CCCC(=O)O1. The van der Waals surface area contributed by atoms with Gasteiger partial charge in [-0.2, -0.15) is 0 Å². The number of cyclic esters (lactones) is 1. The van der Waals surface area contributed by atoms with Gasteiger partial charge in [0.05, 0.1) is 6.61 Å². The molecule has 0 amide bonds. The van der Waals surface area contributed by atoms with Gasteiger partial charge in [0.25, 0.3) is 6.47 Å². The molecule has 1 saturated heterocycles. The average Bonchev–Trinajstić information content (AvgIpc) is 2.13. The highest BCUT2D eigenvalue weighted by atomic mass is 16.5. The quantitative estimate of drug-likeness (QED) is 0.365. The highest BCUT2D eigenvalue weighted by Crippen LogP contribution is 2.17. The second-order valence-electron chi connectivity index (χ2n) is 3.11. The Labute approximate surface area is 77.2 Å². The minimum Gasteiger partial charge on any atom is -0.468 e. The molecule has 0 aliphatic carbocycles. The Morgan fingerprint density at radius 3 is 3.15 bits per heavy atom. The van der Waals surface area contributed by atoms with E-state index in [1.165, 1.54) is 0 Å². The lowest BCUT2D eigenvalue weighted by molar-refractivity contribution is -0.154. The fourth-order valence-electron chi connectivity index (χ4n) is 1.42. The first kappa shape index (κ1) is 10.0. The maximum Gasteiger partial charge on any atom is 0.306 e. The van der Waals surface area contributed by atoms with Crippen LogP contribution in [0.25, 0.3) is 0 Å². The van der Waals surface area contributed by atoms with E-state index in [1.54, 1.807) is 0 Å². The summed E-state index contributed by atoms with van der Waals surface area (Å²) in [4.78, 5) is 20.7. The highest BCUT2D eigenvalue weighted by molar-refractivity contribution is 5.70. The highest BCUT2D eigenvalue weighted by Gasteiger charge is 2.19. The summed E-state index contributed by atoms with van der Waals surface area (Å²) in [5.41, 5.74) is 0. The third kappa shape index (κ3) is 3.92. The summed E-state index contributed by atoms with van der Waals surface area (Å²) in [5.74, 6) is -0.104. The van der Waals surface area contributed by atoms with Crippen LogP contribution in [0.3, 0.4) is 0 Å². The zero-order chi connectivity index (χ0) is 9.52. The molecule has 1 atom stereocenters. The van der Waals surface area contributed by atoms with E-state index in [1.807, 2.05) is 0 Å². The zero-order valence-electron chi connectivity index (χ0n) is 7.53. The second-order valence-corrected chi connectivity index (χ2v) is 3.11. The molecule has 4 heteroatoms. The van der Waals surface area contributed by atoms with E-state index in [2.05, 4.69) is 4.74 Å². The number of hydrogen-bond donors (Lipinski definition) is 0. The maximum atomic E-state index is 10.9. The smallest absolute Gasteiger partial charge is 0.306 e. The Bertz CT molecular complexity index is 178. The first-order valence-corrected chi connectivity index (χ1v) is 4.57. The van der Waals surface area contributed by atoms with Gasteiger partial charge in [-0.15, -0.1) is 0 Å².